The van der Waals surface area contributed by atoms with Crippen LogP contribution in [-0.4, -0.2) is 31.7 Å². The monoisotopic (exact) mass is 575 g/mol. The number of carboxylic acids is 1. The zero-order chi connectivity index (χ0) is 26.3. The Labute approximate surface area is 214 Å². The van der Waals surface area contributed by atoms with Crippen molar-refractivity contribution in [1.82, 2.24) is 9.78 Å². The Morgan fingerprint density at radius 2 is 1.83 bits per heavy atom. The van der Waals surface area contributed by atoms with Gasteiger partial charge in [0, 0.05) is 21.5 Å². The molecule has 13 heteroatoms. The summed E-state index contributed by atoms with van der Waals surface area (Å²) in [6, 6.07) is 6.35. The topological polar surface area (TPSA) is 78.9 Å². The summed E-state index contributed by atoms with van der Waals surface area (Å²) in [6.45, 7) is 3.67. The van der Waals surface area contributed by atoms with Gasteiger partial charge in [0.2, 0.25) is 0 Å². The summed E-state index contributed by atoms with van der Waals surface area (Å²) in [5.74, 6) is -1.01. The average molecular weight is 575 g/mol. The summed E-state index contributed by atoms with van der Waals surface area (Å²) in [4.78, 5) is 13.0. The first-order chi connectivity index (χ1) is 16.2. The highest BCUT2D eigenvalue weighted by Crippen LogP contribution is 2.62. The number of aromatic nitrogens is 2. The number of benzene rings is 1. The van der Waals surface area contributed by atoms with Crippen LogP contribution in [0.5, 0.6) is 0 Å². The number of aryl methyl sites for hydroxylation is 2. The highest BCUT2D eigenvalue weighted by Gasteiger charge is 2.59. The van der Waals surface area contributed by atoms with Crippen molar-refractivity contribution in [3.63, 3.8) is 0 Å². The molecule has 5 unspecified atom stereocenters. The van der Waals surface area contributed by atoms with Crippen molar-refractivity contribution in [3.05, 3.63) is 57.7 Å². The number of nitrogens with zero attached hydrogens (tertiary/aromatic N) is 3. The van der Waals surface area contributed by atoms with Gasteiger partial charge in [0.05, 0.1) is 23.0 Å². The van der Waals surface area contributed by atoms with E-state index >= 15 is 4.39 Å². The van der Waals surface area contributed by atoms with Gasteiger partial charge in [-0.25, -0.2) is 22.6 Å². The van der Waals surface area contributed by atoms with Crippen molar-refractivity contribution in [2.24, 2.45) is 0 Å². The van der Waals surface area contributed by atoms with Gasteiger partial charge in [0.15, 0.2) is 5.15 Å². The largest absolute Gasteiger partial charge is 0.478 e. The van der Waals surface area contributed by atoms with E-state index in [1.165, 1.54) is 37.4 Å². The van der Waals surface area contributed by atoms with Gasteiger partial charge in [-0.05, 0) is 36.1 Å². The van der Waals surface area contributed by atoms with Crippen LogP contribution in [0.15, 0.2) is 30.6 Å². The van der Waals surface area contributed by atoms with Gasteiger partial charge in [-0.3, -0.25) is 0 Å². The second-order valence-electron chi connectivity index (χ2n) is 7.98. The maximum Gasteiger partial charge on any atom is 0.336 e. The minimum absolute atomic E-state index is 0.0565. The number of halogens is 3. The molecule has 0 fully saturated rings. The molecule has 0 spiro atoms. The zero-order valence-electron chi connectivity index (χ0n) is 18.8. The normalized spacial score (nSPS) is 13.9. The van der Waals surface area contributed by atoms with E-state index in [1.54, 1.807) is 43.9 Å². The molecule has 35 heavy (non-hydrogen) atoms. The molecule has 1 N–H and O–H groups in total. The lowest BCUT2D eigenvalue weighted by Gasteiger charge is -2.42. The molecule has 1 aromatic carbocycles. The Morgan fingerprint density at radius 1 is 1.17 bits per heavy atom. The van der Waals surface area contributed by atoms with Crippen LogP contribution in [-0.2, 0) is 18.0 Å². The van der Waals surface area contributed by atoms with Gasteiger partial charge >= 0.3 is 5.97 Å². The Hall–Kier alpha value is -1.40. The Kier molecular flexibility index (Phi) is 8.18. The molecule has 0 saturated carbocycles. The summed E-state index contributed by atoms with van der Waals surface area (Å²) in [7, 11) is 6.90. The molecular formula is C22H24F3N3O2P4S. The number of rotatable bonds is 8. The third kappa shape index (κ3) is 5.07. The van der Waals surface area contributed by atoms with Crippen molar-refractivity contribution in [2.75, 3.05) is 0 Å². The molecule has 186 valence electrons. The maximum atomic E-state index is 15.1. The molecule has 3 rings (SSSR count). The van der Waals surface area contributed by atoms with E-state index in [4.69, 9.17) is 0 Å². The fourth-order valence-corrected chi connectivity index (χ4v) is 6.48. The number of thiophene rings is 1. The van der Waals surface area contributed by atoms with Crippen molar-refractivity contribution in [3.8, 4) is 22.2 Å². The maximum absolute atomic E-state index is 15.1. The second-order valence-corrected chi connectivity index (χ2v) is 13.1. The summed E-state index contributed by atoms with van der Waals surface area (Å²) in [5.41, 5.74) is -1.75. The molecule has 2 aromatic heterocycles. The van der Waals surface area contributed by atoms with E-state index in [2.05, 4.69) is 5.10 Å². The van der Waals surface area contributed by atoms with Crippen LogP contribution in [0.3, 0.4) is 0 Å². The van der Waals surface area contributed by atoms with Crippen molar-refractivity contribution in [2.45, 2.75) is 42.7 Å². The van der Waals surface area contributed by atoms with Crippen LogP contribution in [0.2, 0.25) is 0 Å². The lowest BCUT2D eigenvalue weighted by atomic mass is 9.92. The quantitative estimate of drug-likeness (QED) is 0.324. The Bertz CT molecular complexity index is 1310. The van der Waals surface area contributed by atoms with Gasteiger partial charge in [-0.1, -0.05) is 47.6 Å². The highest BCUT2D eigenvalue weighted by molar-refractivity contribution is 7.42. The van der Waals surface area contributed by atoms with Crippen molar-refractivity contribution < 1.29 is 23.1 Å². The van der Waals surface area contributed by atoms with Crippen molar-refractivity contribution >= 4 is 54.3 Å². The van der Waals surface area contributed by atoms with E-state index in [-0.39, 0.29) is 16.7 Å². The number of carbonyl (C=O) groups is 1. The third-order valence-electron chi connectivity index (χ3n) is 5.73. The van der Waals surface area contributed by atoms with E-state index in [1.807, 2.05) is 22.2 Å². The molecule has 0 amide bonds. The second kappa shape index (κ2) is 10.2. The Balaban J connectivity index is 2.19. The molecule has 0 aliphatic carbocycles. The number of nitriles is 1. The van der Waals surface area contributed by atoms with E-state index in [0.717, 1.165) is 4.88 Å². The predicted molar refractivity (Wildman–Crippen MR) is 147 cm³/mol. The number of hydrogen-bond acceptors (Lipinski definition) is 4. The summed E-state index contributed by atoms with van der Waals surface area (Å²) in [5, 5.41) is 18.8. The van der Waals surface area contributed by atoms with Gasteiger partial charge < -0.3 is 5.11 Å². The van der Waals surface area contributed by atoms with Gasteiger partial charge in [-0.15, -0.1) is 20.6 Å². The molecule has 0 aliphatic rings. The third-order valence-corrected chi connectivity index (χ3v) is 10.6. The average Bonchev–Trinajstić information content (AvgIpc) is 3.43. The lowest BCUT2D eigenvalue weighted by Crippen LogP contribution is -2.46. The summed E-state index contributed by atoms with van der Waals surface area (Å²) < 4.78 is 46.0. The minimum Gasteiger partial charge on any atom is -0.478 e. The van der Waals surface area contributed by atoms with Gasteiger partial charge in [-0.2, -0.15) is 10.4 Å². The number of aromatic carboxylic acids is 1. The molecule has 0 aliphatic heterocycles. The molecular weight excluding hydrogens is 551 g/mol. The smallest absolute Gasteiger partial charge is 0.336 e. The fourth-order valence-electron chi connectivity index (χ4n) is 3.80. The van der Waals surface area contributed by atoms with E-state index in [0.29, 0.717) is 34.5 Å². The van der Waals surface area contributed by atoms with Crippen LogP contribution >= 0.6 is 48.3 Å². The number of hydrogen-bond donors (Lipinski definition) is 1. The summed E-state index contributed by atoms with van der Waals surface area (Å²) >= 11 is 1.35. The van der Waals surface area contributed by atoms with Crippen LogP contribution in [0, 0.1) is 11.3 Å². The SMILES string of the molecule is CCc1cc(C(P)(C(F)(F)P)C(F)(P)P)cc(C#N)c1-n1cc(-c2cc(C(=O)O)c(CC)s2)cn1. The highest BCUT2D eigenvalue weighted by atomic mass is 32.1. The van der Waals surface area contributed by atoms with Gasteiger partial charge in [0.25, 0.3) is 5.66 Å². The standard InChI is InChI=1S/C22H24F3N3O2P4S/c1-3-11-5-14(20(31,21(23,24)32)22(25,33)34)6-12(8-26)18(11)28-10-13(9-27-28)17-7-15(19(29)30)16(4-2)35-17/h5-7,9-10H,3-4,31-34H2,1-2H3,(H,29,30). The van der Waals surface area contributed by atoms with Crippen LogP contribution in [0.4, 0.5) is 13.2 Å². The molecule has 0 saturated heterocycles. The molecule has 5 nitrogen and oxygen atoms in total. The minimum atomic E-state index is -3.56. The van der Waals surface area contributed by atoms with Crippen LogP contribution in [0.1, 0.15) is 45.8 Å². The van der Waals surface area contributed by atoms with Crippen molar-refractivity contribution in [1.29, 1.82) is 5.26 Å². The first-order valence-corrected chi connectivity index (χ1v) is 13.5. The van der Waals surface area contributed by atoms with E-state index in [9.17, 15) is 23.9 Å². The molecule has 3 aromatic rings. The van der Waals surface area contributed by atoms with E-state index < -0.39 is 21.9 Å². The number of alkyl halides is 3. The lowest BCUT2D eigenvalue weighted by molar-refractivity contribution is 0.0277. The summed E-state index contributed by atoms with van der Waals surface area (Å²) in [6.07, 6.45) is 4.15. The Morgan fingerprint density at radius 3 is 2.29 bits per heavy atom. The number of carboxylic acid groups (broad SMARTS) is 1. The molecule has 0 radical (unpaired) electrons. The molecule has 5 atom stereocenters. The van der Waals surface area contributed by atoms with Crippen LogP contribution in [0.25, 0.3) is 16.1 Å². The first kappa shape index (κ1) is 28.2. The van der Waals surface area contributed by atoms with Crippen LogP contribution < -0.4 is 0 Å². The zero-order valence-corrected chi connectivity index (χ0v) is 24.3. The molecule has 0 bridgehead atoms. The fraction of sp³-hybridized carbons (Fsp3) is 0.318. The predicted octanol–water partition coefficient (Wildman–Crippen LogP) is 6.21. The molecule has 2 heterocycles. The van der Waals surface area contributed by atoms with Gasteiger partial charge in [0.1, 0.15) is 11.2 Å². The first-order valence-electron chi connectivity index (χ1n) is 10.4.